The summed E-state index contributed by atoms with van der Waals surface area (Å²) in [5, 5.41) is 5.33. The predicted molar refractivity (Wildman–Crippen MR) is 94.0 cm³/mol. The molecule has 1 rings (SSSR count). The molecule has 0 fully saturated rings. The fourth-order valence-corrected chi connectivity index (χ4v) is 2.69. The van der Waals surface area contributed by atoms with Crippen LogP contribution in [0.15, 0.2) is 18.2 Å². The largest absolute Gasteiger partial charge is 0.496 e. The van der Waals surface area contributed by atoms with E-state index in [0.29, 0.717) is 19.4 Å². The third-order valence-corrected chi connectivity index (χ3v) is 4.02. The van der Waals surface area contributed by atoms with E-state index < -0.39 is 12.1 Å². The minimum Gasteiger partial charge on any atom is -0.496 e. The Hall–Kier alpha value is -1.89. The van der Waals surface area contributed by atoms with Crippen LogP contribution < -0.4 is 21.1 Å². The molecule has 0 saturated heterocycles. The van der Waals surface area contributed by atoms with E-state index in [0.717, 1.165) is 22.6 Å². The zero-order chi connectivity index (χ0) is 17.2. The molecule has 0 radical (unpaired) electrons. The molecule has 4 N–H and O–H groups in total. The van der Waals surface area contributed by atoms with Crippen LogP contribution in [0.3, 0.4) is 0 Å². The lowest BCUT2D eigenvalue weighted by Gasteiger charge is -2.17. The number of thioether (sulfide) groups is 1. The highest BCUT2D eigenvalue weighted by Gasteiger charge is 2.18. The number of nitrogens with one attached hydrogen (secondary N) is 2. The van der Waals surface area contributed by atoms with Gasteiger partial charge in [0.05, 0.1) is 7.11 Å². The topological polar surface area (TPSA) is 93.4 Å². The van der Waals surface area contributed by atoms with E-state index >= 15 is 0 Å². The number of hydrogen-bond donors (Lipinski definition) is 3. The number of primary amides is 1. The van der Waals surface area contributed by atoms with E-state index in [9.17, 15) is 9.59 Å². The lowest BCUT2D eigenvalue weighted by atomic mass is 10.1. The predicted octanol–water partition coefficient (Wildman–Crippen LogP) is 1.45. The van der Waals surface area contributed by atoms with Gasteiger partial charge in [-0.25, -0.2) is 4.79 Å². The summed E-state index contributed by atoms with van der Waals surface area (Å²) < 4.78 is 5.32. The zero-order valence-corrected chi connectivity index (χ0v) is 14.7. The number of carbonyl (C=O) groups is 2. The molecule has 128 valence electrons. The van der Waals surface area contributed by atoms with E-state index in [1.807, 2.05) is 31.4 Å². The maximum absolute atomic E-state index is 12.2. The summed E-state index contributed by atoms with van der Waals surface area (Å²) >= 11 is 1.61. The van der Waals surface area contributed by atoms with E-state index in [1.54, 1.807) is 18.9 Å². The average molecular weight is 339 g/mol. The quantitative estimate of drug-likeness (QED) is 0.635. The monoisotopic (exact) mass is 339 g/mol. The second-order valence-electron chi connectivity index (χ2n) is 5.20. The first-order valence-corrected chi connectivity index (χ1v) is 8.83. The number of nitrogens with two attached hydrogens (primary N) is 1. The van der Waals surface area contributed by atoms with Crippen LogP contribution in [0.2, 0.25) is 0 Å². The Morgan fingerprint density at radius 3 is 2.74 bits per heavy atom. The maximum Gasteiger partial charge on any atom is 0.312 e. The molecule has 0 spiro atoms. The molecule has 1 aromatic carbocycles. The van der Waals surface area contributed by atoms with Crippen LogP contribution in [0.1, 0.15) is 17.5 Å². The van der Waals surface area contributed by atoms with Gasteiger partial charge < -0.3 is 21.1 Å². The fraction of sp³-hybridized carbons (Fsp3) is 0.500. The molecule has 0 heterocycles. The maximum atomic E-state index is 12.2. The highest BCUT2D eigenvalue weighted by atomic mass is 32.2. The van der Waals surface area contributed by atoms with Crippen LogP contribution in [0.5, 0.6) is 5.75 Å². The van der Waals surface area contributed by atoms with E-state index in [-0.39, 0.29) is 5.91 Å². The number of rotatable bonds is 9. The second kappa shape index (κ2) is 9.99. The number of ether oxygens (including phenoxy) is 1. The first kappa shape index (κ1) is 19.2. The second-order valence-corrected chi connectivity index (χ2v) is 6.18. The third-order valence-electron chi connectivity index (χ3n) is 3.37. The molecule has 0 aliphatic heterocycles. The number of amides is 3. The molecule has 23 heavy (non-hydrogen) atoms. The van der Waals surface area contributed by atoms with Crippen molar-refractivity contribution in [1.29, 1.82) is 0 Å². The van der Waals surface area contributed by atoms with Crippen molar-refractivity contribution in [2.45, 2.75) is 25.8 Å². The van der Waals surface area contributed by atoms with Crippen LogP contribution in [0.25, 0.3) is 0 Å². The Morgan fingerprint density at radius 2 is 2.13 bits per heavy atom. The number of aryl methyl sites for hydroxylation is 1. The summed E-state index contributed by atoms with van der Waals surface area (Å²) in [5.74, 6) is 1.35. The van der Waals surface area contributed by atoms with Crippen molar-refractivity contribution in [3.05, 3.63) is 29.3 Å². The molecule has 0 bridgehead atoms. The summed E-state index contributed by atoms with van der Waals surface area (Å²) in [6, 6.07) is 4.65. The van der Waals surface area contributed by atoms with Gasteiger partial charge in [-0.15, -0.1) is 0 Å². The molecular formula is C16H25N3O3S. The Bertz CT molecular complexity index is 537. The van der Waals surface area contributed by atoms with E-state index in [2.05, 4.69) is 10.6 Å². The molecule has 1 atom stereocenters. The minimum atomic E-state index is -0.688. The molecule has 1 unspecified atom stereocenters. The van der Waals surface area contributed by atoms with Gasteiger partial charge in [-0.1, -0.05) is 17.7 Å². The van der Waals surface area contributed by atoms with Crippen LogP contribution in [0, 0.1) is 6.92 Å². The molecule has 0 saturated carbocycles. The molecule has 7 heteroatoms. The van der Waals surface area contributed by atoms with Gasteiger partial charge in [-0.3, -0.25) is 4.79 Å². The van der Waals surface area contributed by atoms with Gasteiger partial charge in [0.2, 0.25) is 5.91 Å². The van der Waals surface area contributed by atoms with Gasteiger partial charge >= 0.3 is 6.03 Å². The summed E-state index contributed by atoms with van der Waals surface area (Å²) in [5.41, 5.74) is 7.30. The summed E-state index contributed by atoms with van der Waals surface area (Å²) in [7, 11) is 1.63. The lowest BCUT2D eigenvalue weighted by Crippen LogP contribution is -2.49. The SMILES string of the molecule is COc1ccc(C)cc1CCNC(=O)C(CCSC)NC(N)=O. The van der Waals surface area contributed by atoms with Crippen molar-refractivity contribution in [1.82, 2.24) is 10.6 Å². The van der Waals surface area contributed by atoms with Crippen molar-refractivity contribution in [3.8, 4) is 5.75 Å². The smallest absolute Gasteiger partial charge is 0.312 e. The standard InChI is InChI=1S/C16H25N3O3S/c1-11-4-5-14(22-2)12(10-11)6-8-18-15(20)13(7-9-23-3)19-16(17)21/h4-5,10,13H,6-9H2,1-3H3,(H,18,20)(H3,17,19,21). The van der Waals surface area contributed by atoms with Crippen molar-refractivity contribution in [2.75, 3.05) is 25.7 Å². The molecule has 6 nitrogen and oxygen atoms in total. The lowest BCUT2D eigenvalue weighted by molar-refractivity contribution is -0.122. The summed E-state index contributed by atoms with van der Waals surface area (Å²) in [4.78, 5) is 23.2. The van der Waals surface area contributed by atoms with Crippen molar-refractivity contribution < 1.29 is 14.3 Å². The Labute approximate surface area is 141 Å². The summed E-state index contributed by atoms with van der Waals surface area (Å²) in [6.07, 6.45) is 3.15. The fourth-order valence-electron chi connectivity index (χ4n) is 2.22. The van der Waals surface area contributed by atoms with Crippen LogP contribution in [-0.2, 0) is 11.2 Å². The molecule has 1 aromatic rings. The van der Waals surface area contributed by atoms with E-state index in [1.165, 1.54) is 0 Å². The van der Waals surface area contributed by atoms with Crippen LogP contribution in [-0.4, -0.2) is 43.6 Å². The van der Waals surface area contributed by atoms with Gasteiger partial charge in [0.1, 0.15) is 11.8 Å². The van der Waals surface area contributed by atoms with Crippen molar-refractivity contribution in [3.63, 3.8) is 0 Å². The first-order valence-electron chi connectivity index (χ1n) is 7.44. The Kier molecular flexibility index (Phi) is 8.32. The summed E-state index contributed by atoms with van der Waals surface area (Å²) in [6.45, 7) is 2.48. The average Bonchev–Trinajstić information content (AvgIpc) is 2.51. The van der Waals surface area contributed by atoms with Gasteiger partial charge in [0.15, 0.2) is 0 Å². The van der Waals surface area contributed by atoms with Gasteiger partial charge in [-0.05, 0) is 43.4 Å². The number of urea groups is 1. The molecule has 0 aliphatic carbocycles. The third kappa shape index (κ3) is 6.81. The van der Waals surface area contributed by atoms with Gasteiger partial charge in [0, 0.05) is 6.54 Å². The number of hydrogen-bond acceptors (Lipinski definition) is 4. The van der Waals surface area contributed by atoms with Gasteiger partial charge in [-0.2, -0.15) is 11.8 Å². The number of carbonyl (C=O) groups excluding carboxylic acids is 2. The Morgan fingerprint density at radius 1 is 1.39 bits per heavy atom. The Balaban J connectivity index is 2.56. The first-order chi connectivity index (χ1) is 11.0. The number of benzene rings is 1. The van der Waals surface area contributed by atoms with Crippen molar-refractivity contribution >= 4 is 23.7 Å². The van der Waals surface area contributed by atoms with Crippen molar-refractivity contribution in [2.24, 2.45) is 5.73 Å². The van der Waals surface area contributed by atoms with Gasteiger partial charge in [0.25, 0.3) is 0 Å². The van der Waals surface area contributed by atoms with Crippen LogP contribution >= 0.6 is 11.8 Å². The zero-order valence-electron chi connectivity index (χ0n) is 13.8. The number of methoxy groups -OCH3 is 1. The van der Waals surface area contributed by atoms with Crippen LogP contribution in [0.4, 0.5) is 4.79 Å². The minimum absolute atomic E-state index is 0.218. The highest BCUT2D eigenvalue weighted by Crippen LogP contribution is 2.19. The van der Waals surface area contributed by atoms with E-state index in [4.69, 9.17) is 10.5 Å². The molecule has 0 aromatic heterocycles. The molecule has 3 amide bonds. The normalized spacial score (nSPS) is 11.6. The highest BCUT2D eigenvalue weighted by molar-refractivity contribution is 7.98. The molecular weight excluding hydrogens is 314 g/mol. The molecule has 0 aliphatic rings.